The summed E-state index contributed by atoms with van der Waals surface area (Å²) in [5, 5.41) is 2.45. The summed E-state index contributed by atoms with van der Waals surface area (Å²) < 4.78 is 0. The molecular formula is C34H32N2. The Balaban J connectivity index is 1.76. The number of nitrogens with zero attached hydrogens (tertiary/aromatic N) is 2. The molecular weight excluding hydrogens is 436 g/mol. The molecule has 0 N–H and O–H groups in total. The van der Waals surface area contributed by atoms with Crippen molar-refractivity contribution >= 4 is 33.6 Å². The van der Waals surface area contributed by atoms with Crippen molar-refractivity contribution in [3.05, 3.63) is 130 Å². The molecule has 2 nitrogen and oxygen atoms in total. The normalized spacial score (nSPS) is 14.7. The smallest absolute Gasteiger partial charge is 0.0979 e. The molecule has 178 valence electrons. The van der Waals surface area contributed by atoms with Crippen LogP contribution < -0.4 is 0 Å². The second-order valence-electron chi connectivity index (χ2n) is 9.77. The highest BCUT2D eigenvalue weighted by Crippen LogP contribution is 2.37. The first-order valence-electron chi connectivity index (χ1n) is 12.5. The predicted molar refractivity (Wildman–Crippen MR) is 156 cm³/mol. The van der Waals surface area contributed by atoms with Gasteiger partial charge in [-0.1, -0.05) is 72.8 Å². The van der Waals surface area contributed by atoms with Gasteiger partial charge in [0, 0.05) is 16.5 Å². The van der Waals surface area contributed by atoms with Gasteiger partial charge in [-0.3, -0.25) is 0 Å². The summed E-state index contributed by atoms with van der Waals surface area (Å²) >= 11 is 0. The summed E-state index contributed by atoms with van der Waals surface area (Å²) in [6.07, 6.45) is 5.61. The average Bonchev–Trinajstić information content (AvgIpc) is 3.13. The standard InChI is InChI=1S/C34H32N2/c1-7-11-25-17-21(3)31(22(4)18-25)35-33-28-15-9-13-27-14-10-16-29(30(27)28)34(33)36-32-23(5)19-26(12-8-2)20-24(32)6/h7-10,13-20H,1-2,11-12H2,3-6H3. The molecule has 4 aromatic rings. The molecule has 0 radical (unpaired) electrons. The average molecular weight is 469 g/mol. The van der Waals surface area contributed by atoms with Gasteiger partial charge in [-0.25, -0.2) is 9.98 Å². The molecule has 0 aliphatic heterocycles. The van der Waals surface area contributed by atoms with Gasteiger partial charge in [-0.05, 0) is 79.3 Å². The van der Waals surface area contributed by atoms with Crippen LogP contribution >= 0.6 is 0 Å². The molecule has 1 aliphatic carbocycles. The van der Waals surface area contributed by atoms with Gasteiger partial charge in [0.25, 0.3) is 0 Å². The molecule has 0 spiro atoms. The van der Waals surface area contributed by atoms with Crippen LogP contribution in [0.2, 0.25) is 0 Å². The number of aliphatic imine (C=N–C) groups is 2. The maximum absolute atomic E-state index is 5.33. The molecule has 4 aromatic carbocycles. The van der Waals surface area contributed by atoms with Crippen LogP contribution in [0.5, 0.6) is 0 Å². The van der Waals surface area contributed by atoms with Crippen LogP contribution in [0.15, 0.2) is 96.0 Å². The zero-order chi connectivity index (χ0) is 25.4. The molecule has 0 saturated heterocycles. The zero-order valence-corrected chi connectivity index (χ0v) is 21.7. The van der Waals surface area contributed by atoms with Gasteiger partial charge in [-0.15, -0.1) is 13.2 Å². The van der Waals surface area contributed by atoms with Gasteiger partial charge in [0.05, 0.1) is 22.8 Å². The maximum Gasteiger partial charge on any atom is 0.0979 e. The van der Waals surface area contributed by atoms with Crippen LogP contribution in [0, 0.1) is 27.7 Å². The van der Waals surface area contributed by atoms with Crippen molar-refractivity contribution in [2.45, 2.75) is 40.5 Å². The lowest BCUT2D eigenvalue weighted by molar-refractivity contribution is 1.21. The largest absolute Gasteiger partial charge is 0.246 e. The highest BCUT2D eigenvalue weighted by atomic mass is 14.8. The fourth-order valence-electron chi connectivity index (χ4n) is 5.45. The first-order valence-corrected chi connectivity index (χ1v) is 12.5. The summed E-state index contributed by atoms with van der Waals surface area (Å²) in [5.74, 6) is 0. The third-order valence-corrected chi connectivity index (χ3v) is 6.95. The monoisotopic (exact) mass is 468 g/mol. The topological polar surface area (TPSA) is 24.7 Å². The van der Waals surface area contributed by atoms with Gasteiger partial charge in [0.2, 0.25) is 0 Å². The van der Waals surface area contributed by atoms with Crippen LogP contribution in [-0.2, 0) is 12.8 Å². The number of allylic oxidation sites excluding steroid dienone is 2. The Kier molecular flexibility index (Phi) is 6.28. The van der Waals surface area contributed by atoms with Gasteiger partial charge in [0.1, 0.15) is 0 Å². The molecule has 1 aliphatic rings. The van der Waals surface area contributed by atoms with Gasteiger partial charge in [0.15, 0.2) is 0 Å². The fourth-order valence-corrected chi connectivity index (χ4v) is 5.45. The van der Waals surface area contributed by atoms with E-state index in [1.165, 1.54) is 44.2 Å². The quantitative estimate of drug-likeness (QED) is 0.253. The van der Waals surface area contributed by atoms with E-state index in [-0.39, 0.29) is 0 Å². The minimum absolute atomic E-state index is 0.858. The lowest BCUT2D eigenvalue weighted by atomic mass is 10.0. The molecule has 0 bridgehead atoms. The Hall–Kier alpha value is -4.04. The van der Waals surface area contributed by atoms with E-state index in [9.17, 15) is 0 Å². The van der Waals surface area contributed by atoms with Crippen LogP contribution in [0.25, 0.3) is 10.8 Å². The summed E-state index contributed by atoms with van der Waals surface area (Å²) in [4.78, 5) is 10.7. The van der Waals surface area contributed by atoms with Crippen molar-refractivity contribution < 1.29 is 0 Å². The number of hydrogen-bond donors (Lipinski definition) is 0. The summed E-state index contributed by atoms with van der Waals surface area (Å²) in [6, 6.07) is 21.8. The zero-order valence-electron chi connectivity index (χ0n) is 21.7. The molecule has 36 heavy (non-hydrogen) atoms. The third kappa shape index (κ3) is 4.13. The Bertz CT molecular complexity index is 1440. The highest BCUT2D eigenvalue weighted by Gasteiger charge is 2.28. The first-order chi connectivity index (χ1) is 17.4. The molecule has 5 rings (SSSR count). The highest BCUT2D eigenvalue weighted by molar-refractivity contribution is 6.61. The second-order valence-corrected chi connectivity index (χ2v) is 9.77. The van der Waals surface area contributed by atoms with Crippen molar-refractivity contribution in [2.75, 3.05) is 0 Å². The Labute approximate surface area is 214 Å². The molecule has 2 heteroatoms. The van der Waals surface area contributed by atoms with Crippen LogP contribution in [-0.4, -0.2) is 11.4 Å². The number of rotatable bonds is 6. The molecule has 0 atom stereocenters. The number of hydrogen-bond acceptors (Lipinski definition) is 2. The van der Waals surface area contributed by atoms with Crippen molar-refractivity contribution in [3.63, 3.8) is 0 Å². The first kappa shape index (κ1) is 23.7. The summed E-state index contributed by atoms with van der Waals surface area (Å²) in [5.41, 5.74) is 13.4. The summed E-state index contributed by atoms with van der Waals surface area (Å²) in [6.45, 7) is 16.4. The molecule has 0 fully saturated rings. The van der Waals surface area contributed by atoms with Crippen molar-refractivity contribution in [1.82, 2.24) is 0 Å². The molecule has 0 amide bonds. The van der Waals surface area contributed by atoms with Gasteiger partial charge in [-0.2, -0.15) is 0 Å². The van der Waals surface area contributed by atoms with Crippen LogP contribution in [0.1, 0.15) is 44.5 Å². The van der Waals surface area contributed by atoms with E-state index in [0.717, 1.165) is 46.8 Å². The molecule has 0 saturated carbocycles. The number of benzene rings is 4. The van der Waals surface area contributed by atoms with E-state index in [0.29, 0.717) is 0 Å². The SMILES string of the molecule is C=CCc1cc(C)c(N=C2C(=Nc3c(C)cc(CC=C)cc3C)c3cccc4cccc2c34)c(C)c1. The molecule has 0 heterocycles. The van der Waals surface area contributed by atoms with E-state index in [1.54, 1.807) is 0 Å². The second kappa shape index (κ2) is 9.54. The van der Waals surface area contributed by atoms with Crippen molar-refractivity contribution in [3.8, 4) is 0 Å². The minimum Gasteiger partial charge on any atom is -0.246 e. The van der Waals surface area contributed by atoms with E-state index >= 15 is 0 Å². The van der Waals surface area contributed by atoms with E-state index in [2.05, 4.69) is 102 Å². The number of aryl methyl sites for hydroxylation is 4. The fraction of sp³-hybridized carbons (Fsp3) is 0.176. The van der Waals surface area contributed by atoms with E-state index in [4.69, 9.17) is 9.98 Å². The Morgan fingerprint density at radius 1 is 0.611 bits per heavy atom. The summed E-state index contributed by atoms with van der Waals surface area (Å²) in [7, 11) is 0. The Morgan fingerprint density at radius 3 is 1.36 bits per heavy atom. The van der Waals surface area contributed by atoms with Crippen molar-refractivity contribution in [2.24, 2.45) is 9.98 Å². The van der Waals surface area contributed by atoms with Gasteiger partial charge >= 0.3 is 0 Å². The van der Waals surface area contributed by atoms with Crippen LogP contribution in [0.3, 0.4) is 0 Å². The third-order valence-electron chi connectivity index (χ3n) is 6.95. The van der Waals surface area contributed by atoms with Crippen LogP contribution in [0.4, 0.5) is 11.4 Å². The lowest BCUT2D eigenvalue weighted by Gasteiger charge is -2.12. The maximum atomic E-state index is 5.33. The lowest BCUT2D eigenvalue weighted by Crippen LogP contribution is -2.11. The Morgan fingerprint density at radius 2 is 1.00 bits per heavy atom. The van der Waals surface area contributed by atoms with E-state index < -0.39 is 0 Å². The molecule has 0 aromatic heterocycles. The molecule has 0 unspecified atom stereocenters. The predicted octanol–water partition coefficient (Wildman–Crippen LogP) is 8.79. The van der Waals surface area contributed by atoms with E-state index in [1.807, 2.05) is 12.2 Å². The minimum atomic E-state index is 0.858. The van der Waals surface area contributed by atoms with Gasteiger partial charge < -0.3 is 0 Å². The van der Waals surface area contributed by atoms with Crippen molar-refractivity contribution in [1.29, 1.82) is 0 Å².